The summed E-state index contributed by atoms with van der Waals surface area (Å²) >= 11 is 3.38. The molecule has 0 fully saturated rings. The first-order valence-corrected chi connectivity index (χ1v) is 10.3. The lowest BCUT2D eigenvalue weighted by atomic mass is 10.2. The molecule has 0 spiro atoms. The van der Waals surface area contributed by atoms with Crippen molar-refractivity contribution in [2.24, 2.45) is 0 Å². The van der Waals surface area contributed by atoms with E-state index in [1.807, 2.05) is 30.3 Å². The molecule has 5 nitrogen and oxygen atoms in total. The first-order valence-electron chi connectivity index (χ1n) is 8.39. The summed E-state index contributed by atoms with van der Waals surface area (Å²) in [6, 6.07) is 17.3. The van der Waals surface area contributed by atoms with E-state index >= 15 is 0 Å². The number of carbonyl (C=O) groups is 1. The monoisotopic (exact) mass is 394 g/mol. The number of rotatable bonds is 8. The second-order valence-electron chi connectivity index (χ2n) is 5.56. The molecule has 0 atom stereocenters. The molecule has 136 valence electrons. The molecule has 1 aromatic carbocycles. The molecule has 1 amide bonds. The quantitative estimate of drug-likeness (QED) is 0.443. The summed E-state index contributed by atoms with van der Waals surface area (Å²) in [5.74, 6) is 1.27. The number of thioether (sulfide) groups is 1. The van der Waals surface area contributed by atoms with Gasteiger partial charge in [0.25, 0.3) is 5.91 Å². The van der Waals surface area contributed by atoms with Crippen molar-refractivity contribution in [3.8, 4) is 6.07 Å². The minimum Gasteiger partial charge on any atom is -0.367 e. The molecule has 0 bridgehead atoms. The van der Waals surface area contributed by atoms with Crippen molar-refractivity contribution in [3.63, 3.8) is 0 Å². The van der Waals surface area contributed by atoms with Crippen LogP contribution < -0.4 is 10.6 Å². The predicted octanol–water partition coefficient (Wildman–Crippen LogP) is 4.15. The van der Waals surface area contributed by atoms with Gasteiger partial charge in [0.05, 0.1) is 11.1 Å². The Morgan fingerprint density at radius 2 is 2.04 bits per heavy atom. The third kappa shape index (κ3) is 5.33. The molecule has 0 aliphatic carbocycles. The maximum atomic E-state index is 12.5. The Labute approximate surface area is 166 Å². The van der Waals surface area contributed by atoms with Gasteiger partial charge in [0.1, 0.15) is 11.9 Å². The maximum Gasteiger partial charge on any atom is 0.252 e. The molecular weight excluding hydrogens is 376 g/mol. The van der Waals surface area contributed by atoms with Crippen LogP contribution in [-0.4, -0.2) is 24.0 Å². The highest BCUT2D eigenvalue weighted by atomic mass is 32.2. The maximum absolute atomic E-state index is 12.5. The number of hydrogen-bond donors (Lipinski definition) is 2. The van der Waals surface area contributed by atoms with Gasteiger partial charge in [-0.1, -0.05) is 18.2 Å². The van der Waals surface area contributed by atoms with Crippen molar-refractivity contribution in [2.75, 3.05) is 18.4 Å². The van der Waals surface area contributed by atoms with Crippen LogP contribution in [0.1, 0.15) is 20.8 Å². The summed E-state index contributed by atoms with van der Waals surface area (Å²) < 4.78 is 0. The van der Waals surface area contributed by atoms with Gasteiger partial charge in [-0.2, -0.15) is 5.26 Å². The predicted molar refractivity (Wildman–Crippen MR) is 110 cm³/mol. The van der Waals surface area contributed by atoms with Crippen molar-refractivity contribution >= 4 is 34.8 Å². The van der Waals surface area contributed by atoms with Crippen molar-refractivity contribution < 1.29 is 4.79 Å². The van der Waals surface area contributed by atoms with Crippen LogP contribution in [0.2, 0.25) is 0 Å². The molecule has 7 heteroatoms. The molecule has 3 rings (SSSR count). The second-order valence-corrected chi connectivity index (χ2v) is 7.61. The first-order chi connectivity index (χ1) is 13.3. The minimum absolute atomic E-state index is 0.104. The number of pyridine rings is 1. The molecule has 0 saturated heterocycles. The van der Waals surface area contributed by atoms with E-state index in [0.29, 0.717) is 30.0 Å². The van der Waals surface area contributed by atoms with Crippen LogP contribution in [0.5, 0.6) is 0 Å². The highest BCUT2D eigenvalue weighted by Crippen LogP contribution is 2.27. The standard InChI is InChI=1S/C20H18N4OS2/c21-13-15-5-3-9-22-19(15)23-10-11-24-20(25)17-7-1-2-8-18(17)27-14-16-6-4-12-26-16/h1-9,12H,10-11,14H2,(H,22,23)(H,24,25). The number of benzene rings is 1. The van der Waals surface area contributed by atoms with E-state index in [2.05, 4.69) is 33.1 Å². The summed E-state index contributed by atoms with van der Waals surface area (Å²) in [7, 11) is 0. The molecule has 2 heterocycles. The van der Waals surface area contributed by atoms with Crippen molar-refractivity contribution in [1.82, 2.24) is 10.3 Å². The molecular formula is C20H18N4OS2. The van der Waals surface area contributed by atoms with Gasteiger partial charge < -0.3 is 10.6 Å². The lowest BCUT2D eigenvalue weighted by Crippen LogP contribution is -2.29. The van der Waals surface area contributed by atoms with E-state index in [0.717, 1.165) is 10.6 Å². The molecule has 27 heavy (non-hydrogen) atoms. The third-order valence-corrected chi connectivity index (χ3v) is 5.89. The fourth-order valence-corrected chi connectivity index (χ4v) is 4.24. The summed E-state index contributed by atoms with van der Waals surface area (Å²) in [4.78, 5) is 18.9. The first kappa shape index (κ1) is 19.0. The number of nitriles is 1. The number of carbonyl (C=O) groups excluding carboxylic acids is 1. The number of nitrogens with one attached hydrogen (secondary N) is 2. The zero-order chi connectivity index (χ0) is 18.9. The number of hydrogen-bond acceptors (Lipinski definition) is 6. The van der Waals surface area contributed by atoms with Gasteiger partial charge in [-0.15, -0.1) is 23.1 Å². The van der Waals surface area contributed by atoms with Gasteiger partial charge in [0.2, 0.25) is 0 Å². The molecule has 0 unspecified atom stereocenters. The Hall–Kier alpha value is -2.82. The Balaban J connectivity index is 1.53. The number of aromatic nitrogens is 1. The van der Waals surface area contributed by atoms with E-state index in [9.17, 15) is 4.79 Å². The van der Waals surface area contributed by atoms with Crippen LogP contribution in [0, 0.1) is 11.3 Å². The Bertz CT molecular complexity index is 935. The fraction of sp³-hybridized carbons (Fsp3) is 0.150. The zero-order valence-electron chi connectivity index (χ0n) is 14.5. The van der Waals surface area contributed by atoms with E-state index in [-0.39, 0.29) is 5.91 Å². The van der Waals surface area contributed by atoms with Crippen LogP contribution in [0.4, 0.5) is 5.82 Å². The average molecular weight is 395 g/mol. The van der Waals surface area contributed by atoms with E-state index < -0.39 is 0 Å². The lowest BCUT2D eigenvalue weighted by molar-refractivity contribution is 0.0952. The summed E-state index contributed by atoms with van der Waals surface area (Å²) in [5.41, 5.74) is 1.16. The molecule has 0 aliphatic heterocycles. The highest BCUT2D eigenvalue weighted by Gasteiger charge is 2.11. The number of thiophene rings is 1. The number of anilines is 1. The van der Waals surface area contributed by atoms with Crippen molar-refractivity contribution in [3.05, 3.63) is 76.1 Å². The summed E-state index contributed by atoms with van der Waals surface area (Å²) in [6.45, 7) is 0.923. The molecule has 2 aromatic heterocycles. The van der Waals surface area contributed by atoms with Crippen LogP contribution in [-0.2, 0) is 5.75 Å². The topological polar surface area (TPSA) is 77.8 Å². The minimum atomic E-state index is -0.104. The Morgan fingerprint density at radius 1 is 1.15 bits per heavy atom. The normalized spacial score (nSPS) is 10.2. The van der Waals surface area contributed by atoms with Gasteiger partial charge in [0.15, 0.2) is 0 Å². The van der Waals surface area contributed by atoms with Crippen LogP contribution >= 0.6 is 23.1 Å². The molecule has 0 saturated carbocycles. The van der Waals surface area contributed by atoms with E-state index in [4.69, 9.17) is 5.26 Å². The lowest BCUT2D eigenvalue weighted by Gasteiger charge is -2.11. The smallest absolute Gasteiger partial charge is 0.252 e. The highest BCUT2D eigenvalue weighted by molar-refractivity contribution is 7.98. The Kier molecular flexibility index (Phi) is 6.85. The zero-order valence-corrected chi connectivity index (χ0v) is 16.1. The average Bonchev–Trinajstić information content (AvgIpc) is 3.23. The van der Waals surface area contributed by atoms with Crippen LogP contribution in [0.3, 0.4) is 0 Å². The second kappa shape index (κ2) is 9.76. The SMILES string of the molecule is N#Cc1cccnc1NCCNC(=O)c1ccccc1SCc1cccs1. The van der Waals surface area contributed by atoms with Gasteiger partial charge in [0, 0.05) is 34.8 Å². The number of amides is 1. The van der Waals surface area contributed by atoms with Crippen LogP contribution in [0.15, 0.2) is 65.0 Å². The van der Waals surface area contributed by atoms with Crippen molar-refractivity contribution in [2.45, 2.75) is 10.6 Å². The molecule has 2 N–H and O–H groups in total. The van der Waals surface area contributed by atoms with E-state index in [1.165, 1.54) is 4.88 Å². The third-order valence-electron chi connectivity index (χ3n) is 3.71. The van der Waals surface area contributed by atoms with Gasteiger partial charge in [-0.05, 0) is 35.7 Å². The van der Waals surface area contributed by atoms with E-state index in [1.54, 1.807) is 41.4 Å². The van der Waals surface area contributed by atoms with Crippen LogP contribution in [0.25, 0.3) is 0 Å². The fourth-order valence-electron chi connectivity index (χ4n) is 2.41. The molecule has 0 aliphatic rings. The van der Waals surface area contributed by atoms with Gasteiger partial charge >= 0.3 is 0 Å². The van der Waals surface area contributed by atoms with Gasteiger partial charge in [-0.3, -0.25) is 4.79 Å². The largest absolute Gasteiger partial charge is 0.367 e. The number of nitrogens with zero attached hydrogens (tertiary/aromatic N) is 2. The Morgan fingerprint density at radius 3 is 2.85 bits per heavy atom. The summed E-state index contributed by atoms with van der Waals surface area (Å²) in [6.07, 6.45) is 1.63. The van der Waals surface area contributed by atoms with Gasteiger partial charge in [-0.25, -0.2) is 4.98 Å². The molecule has 3 aromatic rings. The molecule has 0 radical (unpaired) electrons. The van der Waals surface area contributed by atoms with Crippen molar-refractivity contribution in [1.29, 1.82) is 5.26 Å². The summed E-state index contributed by atoms with van der Waals surface area (Å²) in [5, 5.41) is 17.1.